The average Bonchev–Trinajstić information content (AvgIpc) is 3.66. The molecule has 1 amide bonds. The maximum absolute atomic E-state index is 15.2. The fraction of sp³-hybridized carbons (Fsp3) is 0.481. The van der Waals surface area contributed by atoms with E-state index >= 15 is 4.39 Å². The molecule has 13 heteroatoms. The van der Waals surface area contributed by atoms with Crippen LogP contribution in [-0.4, -0.2) is 61.3 Å². The Hall–Kier alpha value is -3.19. The molecule has 0 unspecified atom stereocenters. The normalized spacial score (nSPS) is 18.3. The summed E-state index contributed by atoms with van der Waals surface area (Å²) in [6, 6.07) is 8.36. The first-order chi connectivity index (χ1) is 18.6. The number of nitrogens with zero attached hydrogens (tertiary/aromatic N) is 2. The van der Waals surface area contributed by atoms with Gasteiger partial charge in [0.25, 0.3) is 10.0 Å². The van der Waals surface area contributed by atoms with Crippen molar-refractivity contribution < 1.29 is 45.1 Å². The van der Waals surface area contributed by atoms with E-state index in [4.69, 9.17) is 4.74 Å². The van der Waals surface area contributed by atoms with Gasteiger partial charge in [0.1, 0.15) is 17.7 Å². The first kappa shape index (κ1) is 29.8. The summed E-state index contributed by atoms with van der Waals surface area (Å²) in [6.07, 6.45) is -2.52. The number of carbonyl (C=O) groups excluding carboxylic acids is 2. The van der Waals surface area contributed by atoms with Gasteiger partial charge >= 0.3 is 18.1 Å². The number of rotatable bonds is 7. The van der Waals surface area contributed by atoms with Gasteiger partial charge in [-0.1, -0.05) is 33.8 Å². The summed E-state index contributed by atoms with van der Waals surface area (Å²) < 4.78 is 82.7. The highest BCUT2D eigenvalue weighted by Crippen LogP contribution is 2.45. The van der Waals surface area contributed by atoms with Crippen LogP contribution in [0.5, 0.6) is 5.75 Å². The minimum Gasteiger partial charge on any atom is -0.489 e. The number of amides is 1. The highest BCUT2D eigenvalue weighted by atomic mass is 32.2. The fourth-order valence-corrected chi connectivity index (χ4v) is 5.49. The number of aryl methyl sites for hydroxylation is 2. The van der Waals surface area contributed by atoms with Gasteiger partial charge in [0, 0.05) is 19.2 Å². The molecule has 1 atom stereocenters. The lowest BCUT2D eigenvalue weighted by molar-refractivity contribution is -0.216. The minimum atomic E-state index is -5.58. The van der Waals surface area contributed by atoms with E-state index in [-0.39, 0.29) is 17.8 Å². The Morgan fingerprint density at radius 3 is 2.27 bits per heavy atom. The molecule has 2 aliphatic rings. The van der Waals surface area contributed by atoms with Crippen LogP contribution in [0.4, 0.5) is 17.6 Å². The molecule has 2 aromatic carbocycles. The smallest absolute Gasteiger partial charge is 0.489 e. The van der Waals surface area contributed by atoms with Crippen LogP contribution in [0.25, 0.3) is 0 Å². The quantitative estimate of drug-likeness (QED) is 0.340. The number of ether oxygens (including phenoxy) is 1. The summed E-state index contributed by atoms with van der Waals surface area (Å²) >= 11 is 0. The zero-order valence-corrected chi connectivity index (χ0v) is 23.1. The second kappa shape index (κ2) is 11.4. The van der Waals surface area contributed by atoms with E-state index in [1.54, 1.807) is 0 Å². The second-order valence-electron chi connectivity index (χ2n) is 10.4. The van der Waals surface area contributed by atoms with Crippen LogP contribution in [0.3, 0.4) is 0 Å². The van der Waals surface area contributed by atoms with E-state index in [9.17, 15) is 31.2 Å². The van der Waals surface area contributed by atoms with Crippen molar-refractivity contribution in [2.75, 3.05) is 19.3 Å². The Morgan fingerprint density at radius 1 is 1.05 bits per heavy atom. The average molecular weight is 587 g/mol. The molecular formula is C27H30F4N2O6S. The summed E-state index contributed by atoms with van der Waals surface area (Å²) in [5.74, 6) is -5.82. The van der Waals surface area contributed by atoms with Gasteiger partial charge in [0.2, 0.25) is 0 Å². The van der Waals surface area contributed by atoms with Gasteiger partial charge in [-0.05, 0) is 69.2 Å². The number of carbonyl (C=O) groups is 2. The predicted octanol–water partition coefficient (Wildman–Crippen LogP) is 4.79. The molecule has 4 rings (SSSR count). The highest BCUT2D eigenvalue weighted by molar-refractivity contribution is 7.88. The first-order valence-electron chi connectivity index (χ1n) is 12.7. The molecule has 1 saturated heterocycles. The lowest BCUT2D eigenvalue weighted by atomic mass is 10.0. The molecule has 0 radical (unpaired) electrons. The van der Waals surface area contributed by atoms with E-state index in [2.05, 4.69) is 27.9 Å². The minimum absolute atomic E-state index is 0.0958. The third-order valence-electron chi connectivity index (χ3n) is 6.65. The molecule has 218 valence electrons. The van der Waals surface area contributed by atoms with E-state index < -0.39 is 43.9 Å². The number of hydrogen-bond acceptors (Lipinski definition) is 7. The van der Waals surface area contributed by atoms with E-state index in [1.807, 2.05) is 13.8 Å². The van der Waals surface area contributed by atoms with Crippen LogP contribution >= 0.6 is 0 Å². The summed E-state index contributed by atoms with van der Waals surface area (Å²) in [7, 11) is -4.83. The van der Waals surface area contributed by atoms with E-state index in [0.29, 0.717) is 37.6 Å². The largest absolute Gasteiger partial charge is 0.493 e. The highest BCUT2D eigenvalue weighted by Gasteiger charge is 2.46. The van der Waals surface area contributed by atoms with Gasteiger partial charge < -0.3 is 9.57 Å². The summed E-state index contributed by atoms with van der Waals surface area (Å²) in [4.78, 5) is 30.2. The first-order valence-corrected chi connectivity index (χ1v) is 14.6. The van der Waals surface area contributed by atoms with E-state index in [0.717, 1.165) is 31.6 Å². The Bertz CT molecular complexity index is 1390. The number of piperidine rings is 1. The van der Waals surface area contributed by atoms with Gasteiger partial charge in [-0.15, -0.1) is 0 Å². The summed E-state index contributed by atoms with van der Waals surface area (Å²) in [5, 5.41) is 0. The standard InChI is InChI=1S/C27H30F4N2O6S/c1-16-9-17(2)11-18(10-16)14-32-8-4-5-20(15-32)38-24-13-23(28)22(12-21(24)19-6-7-19)25(34)33(40(3,36)37)39-26(35)27(29,30)31/h9-13,19-20H,4-8,14-15H2,1-3H3/t20-/m1/s1. The number of hydrogen-bond donors (Lipinski definition) is 0. The molecule has 1 heterocycles. The van der Waals surface area contributed by atoms with Crippen molar-refractivity contribution in [3.63, 3.8) is 0 Å². The maximum Gasteiger partial charge on any atom is 0.493 e. The van der Waals surface area contributed by atoms with Crippen molar-refractivity contribution in [2.45, 2.75) is 64.3 Å². The molecule has 2 fully saturated rings. The molecule has 1 saturated carbocycles. The maximum atomic E-state index is 15.2. The number of halogens is 4. The zero-order chi connectivity index (χ0) is 29.4. The molecule has 0 aromatic heterocycles. The van der Waals surface area contributed by atoms with Crippen molar-refractivity contribution in [1.82, 2.24) is 9.37 Å². The van der Waals surface area contributed by atoms with Gasteiger partial charge in [0.15, 0.2) is 0 Å². The number of sulfonamides is 1. The van der Waals surface area contributed by atoms with E-state index in [1.165, 1.54) is 16.7 Å². The SMILES string of the molecule is Cc1cc(C)cc(CN2CCC[C@@H](Oc3cc(F)c(C(=O)N(OC(=O)C(F)(F)F)S(C)(=O)=O)cc3C3CC3)C2)c1. The van der Waals surface area contributed by atoms with Crippen molar-refractivity contribution in [3.8, 4) is 5.75 Å². The predicted molar refractivity (Wildman–Crippen MR) is 136 cm³/mol. The molecule has 0 N–H and O–H groups in total. The van der Waals surface area contributed by atoms with Crippen LogP contribution in [0, 0.1) is 19.7 Å². The molecule has 0 bridgehead atoms. The Labute approximate surface area is 229 Å². The van der Waals surface area contributed by atoms with Crippen LogP contribution in [-0.2, 0) is 26.2 Å². The topological polar surface area (TPSA) is 93.2 Å². The second-order valence-corrected chi connectivity index (χ2v) is 12.2. The zero-order valence-electron chi connectivity index (χ0n) is 22.3. The lowest BCUT2D eigenvalue weighted by Crippen LogP contribution is -2.42. The molecular weight excluding hydrogens is 556 g/mol. The number of hydroxylamine groups is 1. The lowest BCUT2D eigenvalue weighted by Gasteiger charge is -2.33. The monoisotopic (exact) mass is 586 g/mol. The third-order valence-corrected chi connectivity index (χ3v) is 7.50. The fourth-order valence-electron chi connectivity index (χ4n) is 4.89. The van der Waals surface area contributed by atoms with Crippen LogP contribution in [0.1, 0.15) is 64.2 Å². The van der Waals surface area contributed by atoms with Crippen LogP contribution < -0.4 is 4.74 Å². The molecule has 1 aliphatic carbocycles. The summed E-state index contributed by atoms with van der Waals surface area (Å²) in [5.41, 5.74) is 3.09. The van der Waals surface area contributed by atoms with Gasteiger partial charge in [-0.25, -0.2) is 17.6 Å². The molecule has 40 heavy (non-hydrogen) atoms. The number of alkyl halides is 3. The van der Waals surface area contributed by atoms with Crippen molar-refractivity contribution in [1.29, 1.82) is 0 Å². The van der Waals surface area contributed by atoms with Crippen LogP contribution in [0.15, 0.2) is 30.3 Å². The number of likely N-dealkylation sites (tertiary alicyclic amines) is 1. The Kier molecular flexibility index (Phi) is 8.46. The molecule has 1 aliphatic heterocycles. The summed E-state index contributed by atoms with van der Waals surface area (Å²) in [6.45, 7) is 6.24. The van der Waals surface area contributed by atoms with Crippen LogP contribution in [0.2, 0.25) is 0 Å². The van der Waals surface area contributed by atoms with Crippen molar-refractivity contribution in [3.05, 3.63) is 64.0 Å². The number of benzene rings is 2. The molecule has 2 aromatic rings. The molecule has 8 nitrogen and oxygen atoms in total. The third kappa shape index (κ3) is 7.30. The van der Waals surface area contributed by atoms with Gasteiger partial charge in [-0.3, -0.25) is 9.69 Å². The van der Waals surface area contributed by atoms with Crippen molar-refractivity contribution in [2.24, 2.45) is 0 Å². The van der Waals surface area contributed by atoms with Gasteiger partial charge in [0.05, 0.1) is 11.8 Å². The molecule has 0 spiro atoms. The Morgan fingerprint density at radius 2 is 1.70 bits per heavy atom. The van der Waals surface area contributed by atoms with Gasteiger partial charge in [-0.2, -0.15) is 13.2 Å². The van der Waals surface area contributed by atoms with Crippen molar-refractivity contribution >= 4 is 21.9 Å². The Balaban J connectivity index is 1.55.